The summed E-state index contributed by atoms with van der Waals surface area (Å²) in [5.74, 6) is 0.0841. The van der Waals surface area contributed by atoms with Crippen molar-refractivity contribution in [3.05, 3.63) is 23.9 Å². The Morgan fingerprint density at radius 1 is 1.56 bits per heavy atom. The Labute approximate surface area is 103 Å². The number of rotatable bonds is 2. The first-order valence-corrected chi connectivity index (χ1v) is 5.83. The van der Waals surface area contributed by atoms with Gasteiger partial charge >= 0.3 is 0 Å². The molecule has 4 N–H and O–H groups in total. The summed E-state index contributed by atoms with van der Waals surface area (Å²) in [5, 5.41) is 16.6. The molecule has 6 heteroatoms. The summed E-state index contributed by atoms with van der Waals surface area (Å²) >= 11 is 0. The average Bonchev–Trinajstić information content (AvgIpc) is 2.70. The Morgan fingerprint density at radius 2 is 2.33 bits per heavy atom. The number of amides is 1. The molecular weight excluding hydrogens is 232 g/mol. The van der Waals surface area contributed by atoms with E-state index in [1.807, 2.05) is 0 Å². The van der Waals surface area contributed by atoms with Crippen LogP contribution in [0.25, 0.3) is 10.9 Å². The van der Waals surface area contributed by atoms with Gasteiger partial charge in [-0.2, -0.15) is 5.10 Å². The molecule has 2 heterocycles. The number of carbonyl (C=O) groups excluding carboxylic acids is 1. The Hall–Kier alpha value is -2.08. The van der Waals surface area contributed by atoms with Crippen LogP contribution in [0.5, 0.6) is 0 Å². The highest BCUT2D eigenvalue weighted by Crippen LogP contribution is 2.23. The van der Waals surface area contributed by atoms with Gasteiger partial charge in [0.05, 0.1) is 5.52 Å². The number of hydrogen-bond donors (Lipinski definition) is 3. The lowest BCUT2D eigenvalue weighted by atomic mass is 10.0. The van der Waals surface area contributed by atoms with E-state index in [1.54, 1.807) is 23.1 Å². The molecule has 1 aromatic carbocycles. The second-order valence-electron chi connectivity index (χ2n) is 4.64. The van der Waals surface area contributed by atoms with Gasteiger partial charge < -0.3 is 15.7 Å². The fourth-order valence-corrected chi connectivity index (χ4v) is 2.20. The zero-order valence-corrected chi connectivity index (χ0v) is 9.76. The topological polar surface area (TPSA) is 95.2 Å². The number of nitrogens with one attached hydrogen (secondary N) is 1. The number of nitrogens with zero attached hydrogens (tertiary/aromatic N) is 2. The molecule has 0 radical (unpaired) electrons. The zero-order chi connectivity index (χ0) is 12.7. The molecule has 1 aliphatic heterocycles. The van der Waals surface area contributed by atoms with Crippen LogP contribution in [0, 0.1) is 5.92 Å². The van der Waals surface area contributed by atoms with Crippen LogP contribution in [-0.4, -0.2) is 45.8 Å². The molecule has 0 saturated carbocycles. The first kappa shape index (κ1) is 11.0. The van der Waals surface area contributed by atoms with Gasteiger partial charge in [0.1, 0.15) is 0 Å². The van der Waals surface area contributed by atoms with Gasteiger partial charge in [-0.3, -0.25) is 9.89 Å². The Morgan fingerprint density at radius 3 is 3.06 bits per heavy atom. The lowest BCUT2D eigenvalue weighted by Crippen LogP contribution is -2.51. The van der Waals surface area contributed by atoms with Gasteiger partial charge in [0.2, 0.25) is 0 Å². The number of likely N-dealkylation sites (tertiary alicyclic amines) is 1. The van der Waals surface area contributed by atoms with Gasteiger partial charge in [-0.1, -0.05) is 0 Å². The van der Waals surface area contributed by atoms with Crippen LogP contribution in [0.4, 0.5) is 5.69 Å². The largest absolute Gasteiger partial charge is 0.399 e. The molecule has 1 amide bonds. The van der Waals surface area contributed by atoms with Crippen LogP contribution in [-0.2, 0) is 0 Å². The molecule has 1 saturated heterocycles. The van der Waals surface area contributed by atoms with Gasteiger partial charge in [0, 0.05) is 36.7 Å². The van der Waals surface area contributed by atoms with Crippen LogP contribution in [0.2, 0.25) is 0 Å². The van der Waals surface area contributed by atoms with Gasteiger partial charge in [0.15, 0.2) is 5.69 Å². The summed E-state index contributed by atoms with van der Waals surface area (Å²) in [7, 11) is 0. The number of hydrogen-bond acceptors (Lipinski definition) is 4. The van der Waals surface area contributed by atoms with E-state index < -0.39 is 0 Å². The molecule has 0 unspecified atom stereocenters. The summed E-state index contributed by atoms with van der Waals surface area (Å²) in [6.07, 6.45) is 0. The molecule has 0 atom stereocenters. The number of aromatic nitrogens is 2. The highest BCUT2D eigenvalue weighted by molar-refractivity contribution is 6.05. The van der Waals surface area contributed by atoms with Crippen molar-refractivity contribution in [2.24, 2.45) is 5.92 Å². The van der Waals surface area contributed by atoms with Crippen molar-refractivity contribution in [3.8, 4) is 0 Å². The highest BCUT2D eigenvalue weighted by atomic mass is 16.3. The van der Waals surface area contributed by atoms with E-state index in [9.17, 15) is 4.79 Å². The molecule has 1 fully saturated rings. The number of nitrogens with two attached hydrogens (primary N) is 1. The summed E-state index contributed by atoms with van der Waals surface area (Å²) in [6.45, 7) is 1.30. The van der Waals surface area contributed by atoms with Crippen molar-refractivity contribution in [2.75, 3.05) is 25.4 Å². The van der Waals surface area contributed by atoms with Crippen molar-refractivity contribution in [1.29, 1.82) is 0 Å². The van der Waals surface area contributed by atoms with Crippen LogP contribution in [0.3, 0.4) is 0 Å². The fourth-order valence-electron chi connectivity index (χ4n) is 2.20. The number of aliphatic hydroxyl groups excluding tert-OH is 1. The number of aromatic amines is 1. The highest BCUT2D eigenvalue weighted by Gasteiger charge is 2.32. The van der Waals surface area contributed by atoms with Crippen LogP contribution in [0.1, 0.15) is 10.5 Å². The Bertz CT molecular complexity index is 601. The van der Waals surface area contributed by atoms with Crippen molar-refractivity contribution >= 4 is 22.5 Å². The van der Waals surface area contributed by atoms with Crippen molar-refractivity contribution < 1.29 is 9.90 Å². The molecule has 1 aromatic heterocycles. The molecule has 3 rings (SSSR count). The number of fused-ring (bicyclic) bond motifs is 1. The van der Waals surface area contributed by atoms with Crippen LogP contribution in [0.15, 0.2) is 18.2 Å². The lowest BCUT2D eigenvalue weighted by Gasteiger charge is -2.37. The maximum Gasteiger partial charge on any atom is 0.275 e. The number of anilines is 1. The molecule has 6 nitrogen and oxygen atoms in total. The minimum atomic E-state index is -0.114. The van der Waals surface area contributed by atoms with Crippen molar-refractivity contribution in [3.63, 3.8) is 0 Å². The normalized spacial score (nSPS) is 15.9. The van der Waals surface area contributed by atoms with Gasteiger partial charge in [0.25, 0.3) is 5.91 Å². The molecule has 0 aliphatic carbocycles. The summed E-state index contributed by atoms with van der Waals surface area (Å²) in [5.41, 5.74) is 7.52. The molecular formula is C12H14N4O2. The van der Waals surface area contributed by atoms with E-state index in [-0.39, 0.29) is 18.4 Å². The molecule has 2 aromatic rings. The maximum absolute atomic E-state index is 12.2. The minimum absolute atomic E-state index is 0.114. The number of benzene rings is 1. The second-order valence-corrected chi connectivity index (χ2v) is 4.64. The van der Waals surface area contributed by atoms with E-state index in [2.05, 4.69) is 10.2 Å². The molecule has 0 bridgehead atoms. The average molecular weight is 246 g/mol. The lowest BCUT2D eigenvalue weighted by molar-refractivity contribution is 0.0358. The van der Waals surface area contributed by atoms with E-state index in [0.29, 0.717) is 24.5 Å². The summed E-state index contributed by atoms with van der Waals surface area (Å²) < 4.78 is 0. The zero-order valence-electron chi connectivity index (χ0n) is 9.76. The van der Waals surface area contributed by atoms with E-state index >= 15 is 0 Å². The predicted molar refractivity (Wildman–Crippen MR) is 67.0 cm³/mol. The third kappa shape index (κ3) is 1.62. The quantitative estimate of drug-likeness (QED) is 0.660. The Balaban J connectivity index is 1.90. The van der Waals surface area contributed by atoms with E-state index in [1.165, 1.54) is 0 Å². The van der Waals surface area contributed by atoms with E-state index in [4.69, 9.17) is 10.8 Å². The van der Waals surface area contributed by atoms with Gasteiger partial charge in [-0.15, -0.1) is 0 Å². The van der Waals surface area contributed by atoms with Gasteiger partial charge in [-0.05, 0) is 18.2 Å². The third-order valence-electron chi connectivity index (χ3n) is 3.29. The predicted octanol–water partition coefficient (Wildman–Crippen LogP) is 0.209. The standard InChI is InChI=1S/C12H14N4O2/c13-8-1-2-10-9(3-8)11(15-14-10)12(18)16-4-7(5-16)6-17/h1-3,7,17H,4-6,13H2,(H,14,15). The molecule has 0 spiro atoms. The van der Waals surface area contributed by atoms with Gasteiger partial charge in [-0.25, -0.2) is 0 Å². The first-order chi connectivity index (χ1) is 8.69. The van der Waals surface area contributed by atoms with Crippen molar-refractivity contribution in [1.82, 2.24) is 15.1 Å². The fraction of sp³-hybridized carbons (Fsp3) is 0.333. The van der Waals surface area contributed by atoms with Crippen LogP contribution < -0.4 is 5.73 Å². The molecule has 94 valence electrons. The van der Waals surface area contributed by atoms with Crippen molar-refractivity contribution in [2.45, 2.75) is 0 Å². The smallest absolute Gasteiger partial charge is 0.275 e. The minimum Gasteiger partial charge on any atom is -0.399 e. The number of carbonyl (C=O) groups is 1. The summed E-state index contributed by atoms with van der Waals surface area (Å²) in [4.78, 5) is 13.9. The maximum atomic E-state index is 12.2. The number of nitrogen functional groups attached to an aromatic ring is 1. The second kappa shape index (κ2) is 3.99. The molecule has 18 heavy (non-hydrogen) atoms. The van der Waals surface area contributed by atoms with Crippen LogP contribution >= 0.6 is 0 Å². The van der Waals surface area contributed by atoms with E-state index in [0.717, 1.165) is 10.9 Å². The first-order valence-electron chi connectivity index (χ1n) is 5.83. The molecule has 1 aliphatic rings. The SMILES string of the molecule is Nc1ccc2[nH]nc(C(=O)N3CC(CO)C3)c2c1. The number of aliphatic hydroxyl groups is 1. The monoisotopic (exact) mass is 246 g/mol. The number of H-pyrrole nitrogens is 1. The summed E-state index contributed by atoms with van der Waals surface area (Å²) in [6, 6.07) is 5.32. The third-order valence-corrected chi connectivity index (χ3v) is 3.29. The Kier molecular flexibility index (Phi) is 2.45.